The molecule has 0 radical (unpaired) electrons. The molecule has 7 heteroatoms. The highest BCUT2D eigenvalue weighted by molar-refractivity contribution is 6.30. The van der Waals surface area contributed by atoms with Crippen molar-refractivity contribution in [2.75, 3.05) is 5.32 Å². The van der Waals surface area contributed by atoms with Crippen molar-refractivity contribution in [1.82, 2.24) is 15.5 Å². The first-order valence-electron chi connectivity index (χ1n) is 7.43. The molecule has 6 nitrogen and oxygen atoms in total. The van der Waals surface area contributed by atoms with E-state index in [9.17, 15) is 4.79 Å². The summed E-state index contributed by atoms with van der Waals surface area (Å²) in [6.45, 7) is 0.915. The summed E-state index contributed by atoms with van der Waals surface area (Å²) < 4.78 is 5.27. The van der Waals surface area contributed by atoms with Gasteiger partial charge in [0, 0.05) is 22.8 Å². The lowest BCUT2D eigenvalue weighted by Gasteiger charge is -2.07. The van der Waals surface area contributed by atoms with Gasteiger partial charge in [-0.1, -0.05) is 35.0 Å². The average Bonchev–Trinajstić information content (AvgIpc) is 3.21. The van der Waals surface area contributed by atoms with E-state index in [4.69, 9.17) is 16.1 Å². The summed E-state index contributed by atoms with van der Waals surface area (Å²) in [6.07, 6.45) is 0. The monoisotopic (exact) mass is 340 g/mol. The van der Waals surface area contributed by atoms with E-state index in [2.05, 4.69) is 20.8 Å². The number of halogens is 1. The Bertz CT molecular complexity index is 922. The van der Waals surface area contributed by atoms with Gasteiger partial charge >= 0.3 is 0 Å². The molecule has 0 spiro atoms. The van der Waals surface area contributed by atoms with Crippen LogP contribution in [0, 0.1) is 0 Å². The minimum absolute atomic E-state index is 0.0687. The van der Waals surface area contributed by atoms with Crippen LogP contribution >= 0.6 is 11.6 Å². The van der Waals surface area contributed by atoms with Gasteiger partial charge in [0.05, 0.1) is 12.1 Å². The quantitative estimate of drug-likeness (QED) is 0.762. The number of aromatic nitrogens is 2. The molecule has 0 atom stereocenters. The SMILES string of the molecule is O=C1NCc2cccc(NCc3noc(-c4cccc(Cl)c4)n3)c21. The Labute approximate surface area is 142 Å². The van der Waals surface area contributed by atoms with Gasteiger partial charge < -0.3 is 15.2 Å². The number of nitrogens with zero attached hydrogens (tertiary/aromatic N) is 2. The van der Waals surface area contributed by atoms with Crippen LogP contribution in [0.4, 0.5) is 5.69 Å². The second kappa shape index (κ2) is 5.98. The van der Waals surface area contributed by atoms with Gasteiger partial charge in [0.1, 0.15) is 0 Å². The number of hydrogen-bond donors (Lipinski definition) is 2. The van der Waals surface area contributed by atoms with Gasteiger partial charge in [-0.15, -0.1) is 0 Å². The number of carbonyl (C=O) groups excluding carboxylic acids is 1. The molecular weight excluding hydrogens is 328 g/mol. The Hall–Kier alpha value is -2.86. The molecule has 2 heterocycles. The number of carbonyl (C=O) groups is 1. The molecule has 0 bridgehead atoms. The van der Waals surface area contributed by atoms with Crippen molar-refractivity contribution >= 4 is 23.2 Å². The molecule has 3 aromatic rings. The van der Waals surface area contributed by atoms with Crippen LogP contribution in [0.5, 0.6) is 0 Å². The number of benzene rings is 2. The summed E-state index contributed by atoms with van der Waals surface area (Å²) in [6, 6.07) is 12.9. The Morgan fingerprint density at radius 3 is 3.00 bits per heavy atom. The minimum Gasteiger partial charge on any atom is -0.377 e. The Balaban J connectivity index is 1.52. The molecule has 0 aliphatic carbocycles. The van der Waals surface area contributed by atoms with Gasteiger partial charge in [-0.3, -0.25) is 4.79 Å². The second-order valence-corrected chi connectivity index (χ2v) is 5.84. The maximum Gasteiger partial charge on any atom is 0.258 e. The molecule has 1 aliphatic heterocycles. The molecular formula is C17H13ClN4O2. The summed E-state index contributed by atoms with van der Waals surface area (Å²) >= 11 is 5.97. The molecule has 4 rings (SSSR count). The van der Waals surface area contributed by atoms with E-state index < -0.39 is 0 Å². The Kier molecular flexibility index (Phi) is 3.66. The number of fused-ring (bicyclic) bond motifs is 1. The third-order valence-corrected chi connectivity index (χ3v) is 4.03. The maximum absolute atomic E-state index is 11.9. The lowest BCUT2D eigenvalue weighted by molar-refractivity contribution is 0.0966. The highest BCUT2D eigenvalue weighted by Crippen LogP contribution is 2.25. The normalized spacial score (nSPS) is 12.8. The molecule has 1 aromatic heterocycles. The van der Waals surface area contributed by atoms with Gasteiger partial charge in [-0.2, -0.15) is 4.98 Å². The predicted molar refractivity (Wildman–Crippen MR) is 89.7 cm³/mol. The molecule has 0 unspecified atom stereocenters. The number of nitrogens with one attached hydrogen (secondary N) is 2. The zero-order valence-corrected chi connectivity index (χ0v) is 13.3. The van der Waals surface area contributed by atoms with E-state index >= 15 is 0 Å². The van der Waals surface area contributed by atoms with Crippen LogP contribution in [0.15, 0.2) is 47.0 Å². The van der Waals surface area contributed by atoms with Crippen LogP contribution in [0.25, 0.3) is 11.5 Å². The van der Waals surface area contributed by atoms with Crippen LogP contribution < -0.4 is 10.6 Å². The van der Waals surface area contributed by atoms with Crippen LogP contribution in [0.3, 0.4) is 0 Å². The van der Waals surface area contributed by atoms with Gasteiger partial charge in [0.15, 0.2) is 5.82 Å². The van der Waals surface area contributed by atoms with E-state index in [1.807, 2.05) is 30.3 Å². The van der Waals surface area contributed by atoms with E-state index in [1.165, 1.54) is 0 Å². The summed E-state index contributed by atoms with van der Waals surface area (Å²) in [7, 11) is 0. The van der Waals surface area contributed by atoms with Gasteiger partial charge in [0.25, 0.3) is 11.8 Å². The summed E-state index contributed by atoms with van der Waals surface area (Å²) in [5.74, 6) is 0.840. The lowest BCUT2D eigenvalue weighted by atomic mass is 10.1. The third kappa shape index (κ3) is 2.72. The Morgan fingerprint density at radius 2 is 2.12 bits per heavy atom. The predicted octanol–water partition coefficient (Wildman–Crippen LogP) is 3.25. The van der Waals surface area contributed by atoms with E-state index in [-0.39, 0.29) is 5.91 Å². The number of amides is 1. The highest BCUT2D eigenvalue weighted by Gasteiger charge is 2.22. The van der Waals surface area contributed by atoms with Crippen LogP contribution in [-0.2, 0) is 13.1 Å². The lowest BCUT2D eigenvalue weighted by Crippen LogP contribution is -2.14. The topological polar surface area (TPSA) is 80.0 Å². The highest BCUT2D eigenvalue weighted by atomic mass is 35.5. The second-order valence-electron chi connectivity index (χ2n) is 5.40. The Morgan fingerprint density at radius 1 is 1.25 bits per heavy atom. The fourth-order valence-corrected chi connectivity index (χ4v) is 2.86. The summed E-state index contributed by atoms with van der Waals surface area (Å²) in [5.41, 5.74) is 3.19. The van der Waals surface area contributed by atoms with Crippen molar-refractivity contribution in [3.8, 4) is 11.5 Å². The van der Waals surface area contributed by atoms with Crippen molar-refractivity contribution in [3.63, 3.8) is 0 Å². The average molecular weight is 341 g/mol. The molecule has 2 N–H and O–H groups in total. The van der Waals surface area contributed by atoms with E-state index in [0.29, 0.717) is 35.4 Å². The standard InChI is InChI=1S/C17H13ClN4O2/c18-12-5-1-3-10(7-12)17-21-14(22-24-17)9-19-13-6-2-4-11-8-20-16(23)15(11)13/h1-7,19H,8-9H2,(H,20,23). The largest absolute Gasteiger partial charge is 0.377 e. The number of rotatable bonds is 4. The molecule has 0 saturated carbocycles. The van der Waals surface area contributed by atoms with Gasteiger partial charge in [-0.25, -0.2) is 0 Å². The fraction of sp³-hybridized carbons (Fsp3) is 0.118. The molecule has 120 valence electrons. The fourth-order valence-electron chi connectivity index (χ4n) is 2.67. The first-order valence-corrected chi connectivity index (χ1v) is 7.81. The number of hydrogen-bond acceptors (Lipinski definition) is 5. The molecule has 1 amide bonds. The van der Waals surface area contributed by atoms with Crippen molar-refractivity contribution in [2.45, 2.75) is 13.1 Å². The molecule has 1 aliphatic rings. The first kappa shape index (κ1) is 14.7. The molecule has 24 heavy (non-hydrogen) atoms. The van der Waals surface area contributed by atoms with E-state index in [1.54, 1.807) is 12.1 Å². The minimum atomic E-state index is -0.0687. The zero-order valence-electron chi connectivity index (χ0n) is 12.5. The van der Waals surface area contributed by atoms with Crippen molar-refractivity contribution in [3.05, 3.63) is 64.4 Å². The van der Waals surface area contributed by atoms with Crippen LogP contribution in [0.2, 0.25) is 5.02 Å². The smallest absolute Gasteiger partial charge is 0.258 e. The maximum atomic E-state index is 11.9. The molecule has 0 fully saturated rings. The summed E-state index contributed by atoms with van der Waals surface area (Å²) in [5, 5.41) is 10.6. The first-order chi connectivity index (χ1) is 11.7. The zero-order chi connectivity index (χ0) is 16.5. The van der Waals surface area contributed by atoms with Crippen LogP contribution in [-0.4, -0.2) is 16.0 Å². The van der Waals surface area contributed by atoms with Crippen molar-refractivity contribution in [1.29, 1.82) is 0 Å². The van der Waals surface area contributed by atoms with Crippen LogP contribution in [0.1, 0.15) is 21.7 Å². The van der Waals surface area contributed by atoms with E-state index in [0.717, 1.165) is 16.8 Å². The van der Waals surface area contributed by atoms with Gasteiger partial charge in [0.2, 0.25) is 0 Å². The molecule has 0 saturated heterocycles. The van der Waals surface area contributed by atoms with Crippen molar-refractivity contribution < 1.29 is 9.32 Å². The van der Waals surface area contributed by atoms with Gasteiger partial charge in [-0.05, 0) is 29.8 Å². The number of anilines is 1. The molecule has 2 aromatic carbocycles. The summed E-state index contributed by atoms with van der Waals surface area (Å²) in [4.78, 5) is 16.3. The van der Waals surface area contributed by atoms with Crippen molar-refractivity contribution in [2.24, 2.45) is 0 Å². The third-order valence-electron chi connectivity index (χ3n) is 3.79.